The Morgan fingerprint density at radius 2 is 1.87 bits per heavy atom. The SMILES string of the molecule is CCCCc1ccc(N2CC(C(=O)Nc3cccc(C(=O)NC4CC4)c3)CC2=O)cc1. The van der Waals surface area contributed by atoms with Gasteiger partial charge in [0.05, 0.1) is 5.92 Å². The van der Waals surface area contributed by atoms with E-state index in [4.69, 9.17) is 0 Å². The number of amides is 3. The number of benzene rings is 2. The average molecular weight is 420 g/mol. The van der Waals surface area contributed by atoms with Gasteiger partial charge in [-0.3, -0.25) is 14.4 Å². The lowest BCUT2D eigenvalue weighted by atomic mass is 10.1. The van der Waals surface area contributed by atoms with Gasteiger partial charge in [-0.1, -0.05) is 31.5 Å². The number of unbranched alkanes of at least 4 members (excludes halogenated alkanes) is 1. The minimum atomic E-state index is -0.420. The predicted octanol–water partition coefficient (Wildman–Crippen LogP) is 3.91. The normalized spacial score (nSPS) is 18.2. The Morgan fingerprint density at radius 1 is 1.10 bits per heavy atom. The maximum Gasteiger partial charge on any atom is 0.251 e. The van der Waals surface area contributed by atoms with E-state index in [9.17, 15) is 14.4 Å². The molecular formula is C25H29N3O3. The predicted molar refractivity (Wildman–Crippen MR) is 121 cm³/mol. The van der Waals surface area contributed by atoms with Crippen LogP contribution in [0, 0.1) is 5.92 Å². The van der Waals surface area contributed by atoms with Gasteiger partial charge in [-0.25, -0.2) is 0 Å². The first-order chi connectivity index (χ1) is 15.0. The van der Waals surface area contributed by atoms with Crippen LogP contribution in [0.1, 0.15) is 54.9 Å². The summed E-state index contributed by atoms with van der Waals surface area (Å²) < 4.78 is 0. The largest absolute Gasteiger partial charge is 0.349 e. The van der Waals surface area contributed by atoms with Gasteiger partial charge in [-0.05, 0) is 61.6 Å². The Hall–Kier alpha value is -3.15. The highest BCUT2D eigenvalue weighted by Gasteiger charge is 2.35. The number of nitrogens with one attached hydrogen (secondary N) is 2. The molecule has 1 saturated heterocycles. The fourth-order valence-corrected chi connectivity index (χ4v) is 3.84. The van der Waals surface area contributed by atoms with E-state index >= 15 is 0 Å². The summed E-state index contributed by atoms with van der Waals surface area (Å²) in [6.45, 7) is 2.53. The van der Waals surface area contributed by atoms with E-state index in [1.807, 2.05) is 12.1 Å². The van der Waals surface area contributed by atoms with E-state index in [1.54, 1.807) is 29.2 Å². The number of carbonyl (C=O) groups excluding carboxylic acids is 3. The molecule has 0 aromatic heterocycles. The molecule has 2 N–H and O–H groups in total. The molecule has 162 valence electrons. The van der Waals surface area contributed by atoms with Gasteiger partial charge in [0, 0.05) is 35.9 Å². The van der Waals surface area contributed by atoms with Crippen LogP contribution in [0.5, 0.6) is 0 Å². The second-order valence-electron chi connectivity index (χ2n) is 8.49. The zero-order valence-corrected chi connectivity index (χ0v) is 17.9. The molecule has 6 nitrogen and oxygen atoms in total. The van der Waals surface area contributed by atoms with Crippen LogP contribution >= 0.6 is 0 Å². The van der Waals surface area contributed by atoms with Gasteiger partial charge >= 0.3 is 0 Å². The number of anilines is 2. The summed E-state index contributed by atoms with van der Waals surface area (Å²) >= 11 is 0. The third-order valence-electron chi connectivity index (χ3n) is 5.87. The van der Waals surface area contributed by atoms with Crippen molar-refractivity contribution in [1.82, 2.24) is 5.32 Å². The zero-order chi connectivity index (χ0) is 21.8. The van der Waals surface area contributed by atoms with Gasteiger partial charge in [0.1, 0.15) is 0 Å². The van der Waals surface area contributed by atoms with Crippen LogP contribution in [0.15, 0.2) is 48.5 Å². The van der Waals surface area contributed by atoms with Gasteiger partial charge < -0.3 is 15.5 Å². The maximum absolute atomic E-state index is 12.8. The number of carbonyl (C=O) groups is 3. The number of hydrogen-bond acceptors (Lipinski definition) is 3. The molecule has 2 fully saturated rings. The van der Waals surface area contributed by atoms with Crippen molar-refractivity contribution in [3.05, 3.63) is 59.7 Å². The molecule has 1 saturated carbocycles. The minimum absolute atomic E-state index is 0.0426. The summed E-state index contributed by atoms with van der Waals surface area (Å²) in [5, 5.41) is 5.82. The summed E-state index contributed by atoms with van der Waals surface area (Å²) in [6.07, 6.45) is 5.56. The van der Waals surface area contributed by atoms with Crippen molar-refractivity contribution in [3.63, 3.8) is 0 Å². The molecule has 0 radical (unpaired) electrons. The van der Waals surface area contributed by atoms with Crippen molar-refractivity contribution in [2.75, 3.05) is 16.8 Å². The molecule has 2 aromatic rings. The van der Waals surface area contributed by atoms with E-state index in [0.29, 0.717) is 17.8 Å². The van der Waals surface area contributed by atoms with Gasteiger partial charge in [0.25, 0.3) is 5.91 Å². The van der Waals surface area contributed by atoms with E-state index in [2.05, 4.69) is 29.7 Å². The van der Waals surface area contributed by atoms with E-state index in [0.717, 1.165) is 37.8 Å². The average Bonchev–Trinajstić information content (AvgIpc) is 3.51. The van der Waals surface area contributed by atoms with Gasteiger partial charge in [0.15, 0.2) is 0 Å². The first kappa shape index (κ1) is 21.1. The van der Waals surface area contributed by atoms with E-state index in [1.165, 1.54) is 5.56 Å². The molecule has 6 heteroatoms. The smallest absolute Gasteiger partial charge is 0.251 e. The van der Waals surface area contributed by atoms with Crippen LogP contribution in [0.2, 0.25) is 0 Å². The lowest BCUT2D eigenvalue weighted by Gasteiger charge is -2.17. The quantitative estimate of drug-likeness (QED) is 0.681. The summed E-state index contributed by atoms with van der Waals surface area (Å²) in [6, 6.07) is 15.3. The van der Waals surface area contributed by atoms with Crippen molar-refractivity contribution >= 4 is 29.1 Å². The zero-order valence-electron chi connectivity index (χ0n) is 17.9. The molecule has 0 bridgehead atoms. The Morgan fingerprint density at radius 3 is 2.58 bits per heavy atom. The molecule has 1 atom stereocenters. The van der Waals surface area contributed by atoms with E-state index in [-0.39, 0.29) is 30.2 Å². The second-order valence-corrected chi connectivity index (χ2v) is 8.49. The third-order valence-corrected chi connectivity index (χ3v) is 5.87. The first-order valence-electron chi connectivity index (χ1n) is 11.1. The monoisotopic (exact) mass is 419 g/mol. The standard InChI is InChI=1S/C25H29N3O3/c1-2-3-5-17-8-12-22(13-9-17)28-16-19(15-23(28)29)25(31)27-21-7-4-6-18(14-21)24(30)26-20-10-11-20/h4,6-9,12-14,19-20H,2-3,5,10-11,15-16H2,1H3,(H,26,30)(H,27,31). The molecule has 1 aliphatic heterocycles. The lowest BCUT2D eigenvalue weighted by molar-refractivity contribution is -0.122. The molecular weight excluding hydrogens is 390 g/mol. The first-order valence-corrected chi connectivity index (χ1v) is 11.1. The summed E-state index contributed by atoms with van der Waals surface area (Å²) in [4.78, 5) is 39.3. The number of hydrogen-bond donors (Lipinski definition) is 2. The van der Waals surface area contributed by atoms with Crippen molar-refractivity contribution in [3.8, 4) is 0 Å². The fourth-order valence-electron chi connectivity index (χ4n) is 3.84. The highest BCUT2D eigenvalue weighted by molar-refractivity contribution is 6.04. The van der Waals surface area contributed by atoms with Gasteiger partial charge in [-0.15, -0.1) is 0 Å². The van der Waals surface area contributed by atoms with Crippen LogP contribution in [0.25, 0.3) is 0 Å². The Bertz CT molecular complexity index is 966. The Labute approximate surface area is 183 Å². The van der Waals surface area contributed by atoms with Crippen molar-refractivity contribution in [1.29, 1.82) is 0 Å². The van der Waals surface area contributed by atoms with E-state index < -0.39 is 5.92 Å². The third kappa shape index (κ3) is 5.32. The molecule has 2 aromatic carbocycles. The molecule has 4 rings (SSSR count). The molecule has 1 heterocycles. The fraction of sp³-hybridized carbons (Fsp3) is 0.400. The molecule has 0 spiro atoms. The van der Waals surface area contributed by atoms with Crippen LogP contribution in [0.3, 0.4) is 0 Å². The molecule has 31 heavy (non-hydrogen) atoms. The summed E-state index contributed by atoms with van der Waals surface area (Å²) in [7, 11) is 0. The van der Waals surface area contributed by atoms with Gasteiger partial charge in [0.2, 0.25) is 11.8 Å². The van der Waals surface area contributed by atoms with Crippen LogP contribution in [0.4, 0.5) is 11.4 Å². The number of aryl methyl sites for hydroxylation is 1. The molecule has 1 aliphatic carbocycles. The summed E-state index contributed by atoms with van der Waals surface area (Å²) in [5.74, 6) is -0.784. The maximum atomic E-state index is 12.8. The highest BCUT2D eigenvalue weighted by atomic mass is 16.2. The second kappa shape index (κ2) is 9.33. The van der Waals surface area contributed by atoms with Crippen molar-refractivity contribution in [2.24, 2.45) is 5.92 Å². The van der Waals surface area contributed by atoms with Crippen LogP contribution in [-0.4, -0.2) is 30.3 Å². The van der Waals surface area contributed by atoms with Crippen LogP contribution < -0.4 is 15.5 Å². The minimum Gasteiger partial charge on any atom is -0.349 e. The highest BCUT2D eigenvalue weighted by Crippen LogP contribution is 2.27. The topological polar surface area (TPSA) is 78.5 Å². The molecule has 1 unspecified atom stereocenters. The Balaban J connectivity index is 1.36. The van der Waals surface area contributed by atoms with Gasteiger partial charge in [-0.2, -0.15) is 0 Å². The summed E-state index contributed by atoms with van der Waals surface area (Å²) in [5.41, 5.74) is 3.19. The molecule has 2 aliphatic rings. The number of nitrogens with zero attached hydrogens (tertiary/aromatic N) is 1. The van der Waals surface area contributed by atoms with Crippen molar-refractivity contribution in [2.45, 2.75) is 51.5 Å². The Kier molecular flexibility index (Phi) is 6.35. The van der Waals surface area contributed by atoms with Crippen molar-refractivity contribution < 1.29 is 14.4 Å². The lowest BCUT2D eigenvalue weighted by Crippen LogP contribution is -2.28. The van der Waals surface area contributed by atoms with Crippen LogP contribution in [-0.2, 0) is 16.0 Å². The molecule has 3 amide bonds. The number of rotatable bonds is 8.